The first-order valence-electron chi connectivity index (χ1n) is 5.56. The number of hydrogen-bond acceptors (Lipinski definition) is 2. The molecule has 1 aromatic carbocycles. The Labute approximate surface area is 96.7 Å². The molecule has 0 radical (unpaired) electrons. The Balaban J connectivity index is 0.00000225. The van der Waals surface area contributed by atoms with Gasteiger partial charge in [0.1, 0.15) is 0 Å². The number of carbonyl (C=O) groups is 1. The van der Waals surface area contributed by atoms with E-state index >= 15 is 0 Å². The average Bonchev–Trinajstić information content (AvgIpc) is 2.30. The van der Waals surface area contributed by atoms with Gasteiger partial charge in [-0.25, -0.2) is 4.79 Å². The number of rotatable bonds is 6. The summed E-state index contributed by atoms with van der Waals surface area (Å²) in [6.45, 7) is 2.70. The lowest BCUT2D eigenvalue weighted by Crippen LogP contribution is -2.06. The Morgan fingerprint density at radius 1 is 1.12 bits per heavy atom. The topological polar surface area (TPSA) is 57.8 Å². The van der Waals surface area contributed by atoms with E-state index in [-0.39, 0.29) is 11.4 Å². The van der Waals surface area contributed by atoms with Gasteiger partial charge in [0.15, 0.2) is 0 Å². The Kier molecular flexibility index (Phi) is 8.17. The second-order valence-electron chi connectivity index (χ2n) is 3.56. The number of hydrogen-bond donors (Lipinski definition) is 0. The minimum absolute atomic E-state index is 0. The molecule has 0 aliphatic carbocycles. The first-order valence-corrected chi connectivity index (χ1v) is 5.56. The van der Waals surface area contributed by atoms with E-state index in [0.29, 0.717) is 12.2 Å². The summed E-state index contributed by atoms with van der Waals surface area (Å²) in [5, 5.41) is 0. The first-order chi connectivity index (χ1) is 7.34. The fourth-order valence-electron chi connectivity index (χ4n) is 1.35. The van der Waals surface area contributed by atoms with Gasteiger partial charge in [0.05, 0.1) is 12.2 Å². The van der Waals surface area contributed by atoms with Crippen LogP contribution in [0.2, 0.25) is 0 Å². The standard InChI is InChI=1S/C13H18O2.H2O/c1-2-3-4-8-11-15-13(14)12-9-6-5-7-10-12;/h5-7,9-10H,2-4,8,11H2,1H3;1H2. The lowest BCUT2D eigenvalue weighted by atomic mass is 10.2. The molecule has 16 heavy (non-hydrogen) atoms. The fourth-order valence-corrected chi connectivity index (χ4v) is 1.35. The van der Waals surface area contributed by atoms with Gasteiger partial charge in [-0.2, -0.15) is 0 Å². The molecule has 0 bridgehead atoms. The molecule has 0 aromatic heterocycles. The summed E-state index contributed by atoms with van der Waals surface area (Å²) in [4.78, 5) is 11.5. The molecule has 3 heteroatoms. The number of ether oxygens (including phenoxy) is 1. The van der Waals surface area contributed by atoms with Gasteiger partial charge in [-0.05, 0) is 18.6 Å². The molecule has 0 saturated carbocycles. The highest BCUT2D eigenvalue weighted by Gasteiger charge is 2.04. The van der Waals surface area contributed by atoms with Crippen molar-refractivity contribution in [3.8, 4) is 0 Å². The molecule has 0 saturated heterocycles. The first kappa shape index (κ1) is 14.6. The third kappa shape index (κ3) is 5.51. The van der Waals surface area contributed by atoms with Crippen LogP contribution in [0.4, 0.5) is 0 Å². The quantitative estimate of drug-likeness (QED) is 0.551. The van der Waals surface area contributed by atoms with Crippen molar-refractivity contribution in [2.24, 2.45) is 0 Å². The van der Waals surface area contributed by atoms with Crippen LogP contribution in [0.1, 0.15) is 43.0 Å². The minimum atomic E-state index is -0.216. The summed E-state index contributed by atoms with van der Waals surface area (Å²) in [5.74, 6) is -0.216. The van der Waals surface area contributed by atoms with E-state index in [9.17, 15) is 4.79 Å². The Bertz CT molecular complexity index is 282. The van der Waals surface area contributed by atoms with E-state index < -0.39 is 0 Å². The molecule has 0 unspecified atom stereocenters. The van der Waals surface area contributed by atoms with Gasteiger partial charge in [-0.15, -0.1) is 0 Å². The monoisotopic (exact) mass is 224 g/mol. The largest absolute Gasteiger partial charge is 0.462 e. The predicted molar refractivity (Wildman–Crippen MR) is 64.5 cm³/mol. The Hall–Kier alpha value is -1.35. The van der Waals surface area contributed by atoms with E-state index in [1.807, 2.05) is 18.2 Å². The average molecular weight is 224 g/mol. The SMILES string of the molecule is CCCCCCOC(=O)c1ccccc1.O. The van der Waals surface area contributed by atoms with Crippen LogP contribution < -0.4 is 0 Å². The zero-order valence-electron chi connectivity index (χ0n) is 9.74. The molecule has 90 valence electrons. The number of unbranched alkanes of at least 4 members (excludes halogenated alkanes) is 3. The van der Waals surface area contributed by atoms with Crippen molar-refractivity contribution < 1.29 is 15.0 Å². The van der Waals surface area contributed by atoms with Crippen molar-refractivity contribution >= 4 is 5.97 Å². The van der Waals surface area contributed by atoms with Crippen LogP contribution in [0.3, 0.4) is 0 Å². The molecule has 0 aliphatic heterocycles. The summed E-state index contributed by atoms with van der Waals surface area (Å²) >= 11 is 0. The Morgan fingerprint density at radius 2 is 1.81 bits per heavy atom. The molecule has 0 heterocycles. The van der Waals surface area contributed by atoms with Crippen molar-refractivity contribution in [2.45, 2.75) is 32.6 Å². The van der Waals surface area contributed by atoms with E-state index in [2.05, 4.69) is 6.92 Å². The van der Waals surface area contributed by atoms with Gasteiger partial charge in [-0.1, -0.05) is 44.4 Å². The number of benzene rings is 1. The Morgan fingerprint density at radius 3 is 2.44 bits per heavy atom. The van der Waals surface area contributed by atoms with Gasteiger partial charge in [0, 0.05) is 0 Å². The van der Waals surface area contributed by atoms with Crippen LogP contribution in [-0.2, 0) is 4.74 Å². The second-order valence-corrected chi connectivity index (χ2v) is 3.56. The van der Waals surface area contributed by atoms with Crippen LogP contribution in [0.25, 0.3) is 0 Å². The van der Waals surface area contributed by atoms with Crippen molar-refractivity contribution in [1.82, 2.24) is 0 Å². The van der Waals surface area contributed by atoms with Gasteiger partial charge in [0.25, 0.3) is 0 Å². The highest BCUT2D eigenvalue weighted by molar-refractivity contribution is 5.89. The minimum Gasteiger partial charge on any atom is -0.462 e. The summed E-state index contributed by atoms with van der Waals surface area (Å²) < 4.78 is 5.14. The van der Waals surface area contributed by atoms with E-state index in [4.69, 9.17) is 4.74 Å². The maximum Gasteiger partial charge on any atom is 0.338 e. The summed E-state index contributed by atoms with van der Waals surface area (Å²) in [7, 11) is 0. The van der Waals surface area contributed by atoms with Crippen molar-refractivity contribution in [3.05, 3.63) is 35.9 Å². The summed E-state index contributed by atoms with van der Waals surface area (Å²) in [6.07, 6.45) is 4.51. The van der Waals surface area contributed by atoms with Gasteiger partial charge < -0.3 is 10.2 Å². The zero-order valence-corrected chi connectivity index (χ0v) is 9.74. The van der Waals surface area contributed by atoms with Crippen LogP contribution in [0, 0.1) is 0 Å². The van der Waals surface area contributed by atoms with E-state index in [1.54, 1.807) is 12.1 Å². The molecular weight excluding hydrogens is 204 g/mol. The lowest BCUT2D eigenvalue weighted by molar-refractivity contribution is 0.0498. The van der Waals surface area contributed by atoms with Gasteiger partial charge in [0.2, 0.25) is 0 Å². The number of carbonyl (C=O) groups excluding carboxylic acids is 1. The van der Waals surface area contributed by atoms with Crippen LogP contribution in [0.5, 0.6) is 0 Å². The molecule has 1 rings (SSSR count). The third-order valence-electron chi connectivity index (χ3n) is 2.24. The molecule has 3 nitrogen and oxygen atoms in total. The molecule has 0 amide bonds. The predicted octanol–water partition coefficient (Wildman–Crippen LogP) is 2.60. The van der Waals surface area contributed by atoms with Crippen molar-refractivity contribution in [2.75, 3.05) is 6.61 Å². The van der Waals surface area contributed by atoms with Crippen LogP contribution >= 0.6 is 0 Å². The smallest absolute Gasteiger partial charge is 0.338 e. The number of esters is 1. The molecule has 2 N–H and O–H groups in total. The van der Waals surface area contributed by atoms with E-state index in [0.717, 1.165) is 12.8 Å². The highest BCUT2D eigenvalue weighted by atomic mass is 16.5. The summed E-state index contributed by atoms with van der Waals surface area (Å²) in [5.41, 5.74) is 0.632. The van der Waals surface area contributed by atoms with Crippen molar-refractivity contribution in [3.63, 3.8) is 0 Å². The molecule has 0 atom stereocenters. The molecular formula is C13H20O3. The van der Waals surface area contributed by atoms with E-state index in [1.165, 1.54) is 12.8 Å². The zero-order chi connectivity index (χ0) is 10.9. The van der Waals surface area contributed by atoms with Crippen LogP contribution in [0.15, 0.2) is 30.3 Å². The summed E-state index contributed by atoms with van der Waals surface area (Å²) in [6, 6.07) is 9.11. The molecule has 0 spiro atoms. The maximum absolute atomic E-state index is 11.5. The lowest BCUT2D eigenvalue weighted by Gasteiger charge is -2.03. The third-order valence-corrected chi connectivity index (χ3v) is 2.24. The molecule has 1 aromatic rings. The van der Waals surface area contributed by atoms with Crippen molar-refractivity contribution in [1.29, 1.82) is 0 Å². The molecule has 0 aliphatic rings. The molecule has 0 fully saturated rings. The fraction of sp³-hybridized carbons (Fsp3) is 0.462. The normalized spacial score (nSPS) is 9.31. The maximum atomic E-state index is 11.5. The van der Waals surface area contributed by atoms with Gasteiger partial charge in [-0.3, -0.25) is 0 Å². The second kappa shape index (κ2) is 8.92. The highest BCUT2D eigenvalue weighted by Crippen LogP contribution is 2.03. The van der Waals surface area contributed by atoms with Gasteiger partial charge >= 0.3 is 5.97 Å². The van der Waals surface area contributed by atoms with Crippen LogP contribution in [-0.4, -0.2) is 18.1 Å².